The molecular weight excluding hydrogens is 240 g/mol. The minimum Gasteiger partial charge on any atom is -0.383 e. The van der Waals surface area contributed by atoms with E-state index in [4.69, 9.17) is 9.72 Å². The van der Waals surface area contributed by atoms with Crippen molar-refractivity contribution in [3.05, 3.63) is 11.4 Å². The summed E-state index contributed by atoms with van der Waals surface area (Å²) in [5.41, 5.74) is 1.09. The smallest absolute Gasteiger partial charge is 0.137 e. The average Bonchev–Trinajstić information content (AvgIpc) is 2.40. The van der Waals surface area contributed by atoms with Crippen LogP contribution >= 0.6 is 0 Å². The Labute approximate surface area is 116 Å². The van der Waals surface area contributed by atoms with Gasteiger partial charge in [-0.2, -0.15) is 0 Å². The number of anilines is 2. The van der Waals surface area contributed by atoms with E-state index in [1.165, 1.54) is 0 Å². The van der Waals surface area contributed by atoms with Crippen LogP contribution in [-0.2, 0) is 4.74 Å². The van der Waals surface area contributed by atoms with Gasteiger partial charge in [0, 0.05) is 38.7 Å². The predicted molar refractivity (Wildman–Crippen MR) is 80.2 cm³/mol. The molecule has 0 atom stereocenters. The van der Waals surface area contributed by atoms with Crippen LogP contribution in [0.2, 0.25) is 0 Å². The Morgan fingerprint density at radius 3 is 2.47 bits per heavy atom. The third-order valence-corrected chi connectivity index (χ3v) is 3.14. The van der Waals surface area contributed by atoms with Crippen LogP contribution < -0.4 is 10.2 Å². The van der Waals surface area contributed by atoms with Crippen LogP contribution in [0, 0.1) is 6.92 Å². The van der Waals surface area contributed by atoms with E-state index in [-0.39, 0.29) is 0 Å². The molecule has 1 N–H and O–H groups in total. The fraction of sp³-hybridized carbons (Fsp3) is 0.714. The summed E-state index contributed by atoms with van der Waals surface area (Å²) in [6.45, 7) is 10.8. The summed E-state index contributed by atoms with van der Waals surface area (Å²) in [5.74, 6) is 3.10. The second-order valence-electron chi connectivity index (χ2n) is 4.86. The highest BCUT2D eigenvalue weighted by molar-refractivity contribution is 5.58. The number of nitrogens with zero attached hydrogens (tertiary/aromatic N) is 3. The molecule has 0 aliphatic heterocycles. The van der Waals surface area contributed by atoms with Crippen LogP contribution in [0.4, 0.5) is 11.6 Å². The van der Waals surface area contributed by atoms with Crippen molar-refractivity contribution in [3.8, 4) is 0 Å². The lowest BCUT2D eigenvalue weighted by Crippen LogP contribution is -2.29. The first-order chi connectivity index (χ1) is 9.04. The molecule has 0 aliphatic carbocycles. The van der Waals surface area contributed by atoms with E-state index in [9.17, 15) is 0 Å². The number of aromatic nitrogens is 2. The van der Waals surface area contributed by atoms with Gasteiger partial charge in [0.05, 0.1) is 6.61 Å². The van der Waals surface area contributed by atoms with Gasteiger partial charge in [0.15, 0.2) is 0 Å². The minimum absolute atomic E-state index is 0.313. The second kappa shape index (κ2) is 7.28. The second-order valence-corrected chi connectivity index (χ2v) is 4.86. The molecule has 1 aromatic rings. The highest BCUT2D eigenvalue weighted by Gasteiger charge is 2.16. The summed E-state index contributed by atoms with van der Waals surface area (Å²) in [4.78, 5) is 11.5. The van der Waals surface area contributed by atoms with Crippen molar-refractivity contribution in [3.63, 3.8) is 0 Å². The molecule has 5 nitrogen and oxygen atoms in total. The standard InChI is InChI=1S/C14H26N4O/c1-7-18(8-9-19-6)14-11(4)13(15-5)16-12(17-14)10(2)3/h10H,7-9H2,1-6H3,(H,15,16,17). The van der Waals surface area contributed by atoms with E-state index in [1.54, 1.807) is 7.11 Å². The van der Waals surface area contributed by atoms with E-state index in [1.807, 2.05) is 7.05 Å². The minimum atomic E-state index is 0.313. The van der Waals surface area contributed by atoms with Crippen LogP contribution in [0.25, 0.3) is 0 Å². The van der Waals surface area contributed by atoms with Gasteiger partial charge >= 0.3 is 0 Å². The first-order valence-corrected chi connectivity index (χ1v) is 6.85. The van der Waals surface area contributed by atoms with Crippen LogP contribution in [0.15, 0.2) is 0 Å². The molecule has 0 unspecified atom stereocenters. The molecule has 1 rings (SSSR count). The molecule has 0 aliphatic rings. The molecule has 19 heavy (non-hydrogen) atoms. The predicted octanol–water partition coefficient (Wildman–Crippen LogP) is 2.42. The number of hydrogen-bond acceptors (Lipinski definition) is 5. The SMILES string of the molecule is CCN(CCOC)c1nc(C(C)C)nc(NC)c1C. The van der Waals surface area contributed by atoms with E-state index in [2.05, 4.69) is 42.9 Å². The molecule has 0 saturated carbocycles. The molecule has 1 aromatic heterocycles. The highest BCUT2D eigenvalue weighted by atomic mass is 16.5. The van der Waals surface area contributed by atoms with Gasteiger partial charge in [-0.25, -0.2) is 9.97 Å². The average molecular weight is 266 g/mol. The van der Waals surface area contributed by atoms with Crippen molar-refractivity contribution in [2.75, 3.05) is 44.1 Å². The van der Waals surface area contributed by atoms with E-state index < -0.39 is 0 Å². The summed E-state index contributed by atoms with van der Waals surface area (Å²) in [6, 6.07) is 0. The Morgan fingerprint density at radius 1 is 1.32 bits per heavy atom. The monoisotopic (exact) mass is 266 g/mol. The van der Waals surface area contributed by atoms with Gasteiger partial charge in [-0.1, -0.05) is 13.8 Å². The summed E-state index contributed by atoms with van der Waals surface area (Å²) in [7, 11) is 3.62. The lowest BCUT2D eigenvalue weighted by Gasteiger charge is -2.25. The Kier molecular flexibility index (Phi) is 6.02. The molecule has 0 bridgehead atoms. The van der Waals surface area contributed by atoms with Crippen LogP contribution in [0.3, 0.4) is 0 Å². The van der Waals surface area contributed by atoms with Crippen molar-refractivity contribution in [1.29, 1.82) is 0 Å². The van der Waals surface area contributed by atoms with Gasteiger partial charge in [-0.05, 0) is 13.8 Å². The fourth-order valence-corrected chi connectivity index (χ4v) is 1.95. The number of hydrogen-bond donors (Lipinski definition) is 1. The number of methoxy groups -OCH3 is 1. The molecule has 5 heteroatoms. The Bertz CT molecular complexity index is 407. The van der Waals surface area contributed by atoms with E-state index >= 15 is 0 Å². The van der Waals surface area contributed by atoms with Gasteiger partial charge in [0.2, 0.25) is 0 Å². The summed E-state index contributed by atoms with van der Waals surface area (Å²) < 4.78 is 5.17. The Hall–Kier alpha value is -1.36. The molecule has 0 fully saturated rings. The zero-order chi connectivity index (χ0) is 14.4. The third-order valence-electron chi connectivity index (χ3n) is 3.14. The maximum absolute atomic E-state index is 5.17. The lowest BCUT2D eigenvalue weighted by atomic mass is 10.2. The molecule has 108 valence electrons. The number of ether oxygens (including phenoxy) is 1. The topological polar surface area (TPSA) is 50.3 Å². The van der Waals surface area contributed by atoms with Gasteiger partial charge in [-0.3, -0.25) is 0 Å². The largest absolute Gasteiger partial charge is 0.383 e. The number of rotatable bonds is 7. The van der Waals surface area contributed by atoms with Gasteiger partial charge in [0.25, 0.3) is 0 Å². The fourth-order valence-electron chi connectivity index (χ4n) is 1.95. The normalized spacial score (nSPS) is 10.9. The molecule has 0 aromatic carbocycles. The van der Waals surface area contributed by atoms with Crippen molar-refractivity contribution >= 4 is 11.6 Å². The molecule has 1 heterocycles. The number of likely N-dealkylation sites (N-methyl/N-ethyl adjacent to an activating group) is 1. The van der Waals surface area contributed by atoms with E-state index in [0.29, 0.717) is 12.5 Å². The Morgan fingerprint density at radius 2 is 2.00 bits per heavy atom. The van der Waals surface area contributed by atoms with Crippen LogP contribution in [0.1, 0.15) is 38.1 Å². The summed E-state index contributed by atoms with van der Waals surface area (Å²) in [5, 5.41) is 3.16. The Balaban J connectivity index is 3.18. The zero-order valence-electron chi connectivity index (χ0n) is 12.9. The first kappa shape index (κ1) is 15.7. The van der Waals surface area contributed by atoms with Gasteiger partial charge < -0.3 is 15.0 Å². The lowest BCUT2D eigenvalue weighted by molar-refractivity contribution is 0.205. The maximum Gasteiger partial charge on any atom is 0.137 e. The quantitative estimate of drug-likeness (QED) is 0.821. The van der Waals surface area contributed by atoms with Gasteiger partial charge in [0.1, 0.15) is 17.5 Å². The third kappa shape index (κ3) is 3.80. The van der Waals surface area contributed by atoms with Crippen LogP contribution in [-0.4, -0.2) is 43.8 Å². The molecular formula is C14H26N4O. The number of nitrogens with one attached hydrogen (secondary N) is 1. The molecule has 0 saturated heterocycles. The van der Waals surface area contributed by atoms with Crippen molar-refractivity contribution in [1.82, 2.24) is 9.97 Å². The summed E-state index contributed by atoms with van der Waals surface area (Å²) >= 11 is 0. The van der Waals surface area contributed by atoms with E-state index in [0.717, 1.165) is 36.1 Å². The highest BCUT2D eigenvalue weighted by Crippen LogP contribution is 2.25. The van der Waals surface area contributed by atoms with Crippen molar-refractivity contribution in [2.24, 2.45) is 0 Å². The molecule has 0 spiro atoms. The molecule has 0 radical (unpaired) electrons. The van der Waals surface area contributed by atoms with Crippen molar-refractivity contribution < 1.29 is 4.74 Å². The van der Waals surface area contributed by atoms with Crippen LogP contribution in [0.5, 0.6) is 0 Å². The molecule has 0 amide bonds. The van der Waals surface area contributed by atoms with Gasteiger partial charge in [-0.15, -0.1) is 0 Å². The summed E-state index contributed by atoms with van der Waals surface area (Å²) in [6.07, 6.45) is 0. The first-order valence-electron chi connectivity index (χ1n) is 6.85. The van der Waals surface area contributed by atoms with Crippen molar-refractivity contribution in [2.45, 2.75) is 33.6 Å². The zero-order valence-corrected chi connectivity index (χ0v) is 12.9. The maximum atomic E-state index is 5.17.